The van der Waals surface area contributed by atoms with Gasteiger partial charge in [-0.25, -0.2) is 4.39 Å². The number of halogens is 2. The summed E-state index contributed by atoms with van der Waals surface area (Å²) in [5.74, 6) is -1.44. The molecular weight excluding hydrogens is 263 g/mol. The number of methoxy groups -OCH3 is 1. The Morgan fingerprint density at radius 2 is 2.13 bits per heavy atom. The van der Waals surface area contributed by atoms with E-state index in [1.807, 2.05) is 0 Å². The molecule has 0 aliphatic carbocycles. The minimum atomic E-state index is -0.607. The zero-order valence-corrected chi connectivity index (χ0v) is 10.4. The Kier molecular flexibility index (Phi) is 3.85. The van der Waals surface area contributed by atoms with E-state index in [1.54, 1.807) is 19.9 Å². The lowest BCUT2D eigenvalue weighted by Crippen LogP contribution is -2.13. The van der Waals surface area contributed by atoms with Gasteiger partial charge in [0, 0.05) is 10.0 Å². The van der Waals surface area contributed by atoms with E-state index < -0.39 is 11.9 Å². The molecule has 2 nitrogen and oxygen atoms in total. The Labute approximate surface area is 96.6 Å². The molecule has 1 aromatic carbocycles. The van der Waals surface area contributed by atoms with Crippen molar-refractivity contribution in [2.75, 3.05) is 7.11 Å². The molecule has 82 valence electrons. The van der Waals surface area contributed by atoms with E-state index in [0.717, 1.165) is 5.56 Å². The summed E-state index contributed by atoms with van der Waals surface area (Å²) in [7, 11) is 1.29. The molecule has 0 saturated carbocycles. The van der Waals surface area contributed by atoms with Gasteiger partial charge in [-0.15, -0.1) is 0 Å². The van der Waals surface area contributed by atoms with Crippen molar-refractivity contribution in [3.63, 3.8) is 0 Å². The van der Waals surface area contributed by atoms with E-state index in [-0.39, 0.29) is 5.82 Å². The average molecular weight is 275 g/mol. The molecule has 0 spiro atoms. The maximum absolute atomic E-state index is 13.6. The molecule has 15 heavy (non-hydrogen) atoms. The third kappa shape index (κ3) is 2.56. The van der Waals surface area contributed by atoms with Crippen LogP contribution in [-0.2, 0) is 9.53 Å². The summed E-state index contributed by atoms with van der Waals surface area (Å²) in [6, 6.07) is 3.18. The van der Waals surface area contributed by atoms with Crippen molar-refractivity contribution in [3.8, 4) is 0 Å². The molecule has 0 fully saturated rings. The van der Waals surface area contributed by atoms with Crippen LogP contribution in [0.25, 0.3) is 0 Å². The summed E-state index contributed by atoms with van der Waals surface area (Å²) in [6.45, 7) is 3.41. The fraction of sp³-hybridized carbons (Fsp3) is 0.364. The van der Waals surface area contributed by atoms with Crippen LogP contribution in [0.4, 0.5) is 4.39 Å². The van der Waals surface area contributed by atoms with Crippen LogP contribution in [0, 0.1) is 12.7 Å². The number of esters is 1. The second-order valence-electron chi connectivity index (χ2n) is 3.39. The molecule has 4 heteroatoms. The molecule has 1 rings (SSSR count). The van der Waals surface area contributed by atoms with Crippen molar-refractivity contribution < 1.29 is 13.9 Å². The fourth-order valence-electron chi connectivity index (χ4n) is 1.42. The topological polar surface area (TPSA) is 26.3 Å². The van der Waals surface area contributed by atoms with Crippen LogP contribution in [0.1, 0.15) is 24.0 Å². The summed E-state index contributed by atoms with van der Waals surface area (Å²) in [6.07, 6.45) is 0. The van der Waals surface area contributed by atoms with Crippen LogP contribution in [0.5, 0.6) is 0 Å². The average Bonchev–Trinajstić information content (AvgIpc) is 2.14. The van der Waals surface area contributed by atoms with Gasteiger partial charge in [0.1, 0.15) is 5.82 Å². The quantitative estimate of drug-likeness (QED) is 0.775. The summed E-state index contributed by atoms with van der Waals surface area (Å²) >= 11 is 3.25. The third-order valence-corrected chi connectivity index (χ3v) is 2.87. The standard InChI is InChI=1S/C11H12BrFO2/c1-6-4-8(12)10(9(13)5-6)7(2)11(14)15-3/h4-5,7H,1-3H3. The smallest absolute Gasteiger partial charge is 0.313 e. The van der Waals surface area contributed by atoms with Crippen LogP contribution in [-0.4, -0.2) is 13.1 Å². The molecule has 1 aromatic rings. The summed E-state index contributed by atoms with van der Waals surface area (Å²) in [4.78, 5) is 11.3. The monoisotopic (exact) mass is 274 g/mol. The van der Waals surface area contributed by atoms with Crippen molar-refractivity contribution >= 4 is 21.9 Å². The van der Waals surface area contributed by atoms with Crippen LogP contribution in [0.15, 0.2) is 16.6 Å². The zero-order chi connectivity index (χ0) is 11.6. The second-order valence-corrected chi connectivity index (χ2v) is 4.24. The van der Waals surface area contributed by atoms with Crippen molar-refractivity contribution in [1.29, 1.82) is 0 Å². The van der Waals surface area contributed by atoms with E-state index in [1.165, 1.54) is 13.2 Å². The summed E-state index contributed by atoms with van der Waals surface area (Å²) in [5.41, 5.74) is 1.15. The van der Waals surface area contributed by atoms with Gasteiger partial charge in [0.05, 0.1) is 13.0 Å². The Balaban J connectivity index is 3.19. The molecule has 0 radical (unpaired) electrons. The van der Waals surface area contributed by atoms with Crippen LogP contribution < -0.4 is 0 Å². The largest absolute Gasteiger partial charge is 0.469 e. The van der Waals surface area contributed by atoms with Gasteiger partial charge in [0.15, 0.2) is 0 Å². The van der Waals surface area contributed by atoms with Crippen molar-refractivity contribution in [3.05, 3.63) is 33.5 Å². The molecule has 0 amide bonds. The summed E-state index contributed by atoms with van der Waals surface area (Å²) < 4.78 is 18.8. The van der Waals surface area contributed by atoms with Crippen molar-refractivity contribution in [2.24, 2.45) is 0 Å². The molecular formula is C11H12BrFO2. The van der Waals surface area contributed by atoms with E-state index in [0.29, 0.717) is 10.0 Å². The lowest BCUT2D eigenvalue weighted by atomic mass is 9.99. The fourth-order valence-corrected chi connectivity index (χ4v) is 2.31. The molecule has 0 aliphatic heterocycles. The summed E-state index contributed by atoms with van der Waals surface area (Å²) in [5, 5.41) is 0. The second kappa shape index (κ2) is 4.75. The first-order valence-electron chi connectivity index (χ1n) is 4.50. The van der Waals surface area contributed by atoms with Gasteiger partial charge in [0.25, 0.3) is 0 Å². The zero-order valence-electron chi connectivity index (χ0n) is 8.80. The van der Waals surface area contributed by atoms with Crippen LogP contribution >= 0.6 is 15.9 Å². The minimum absolute atomic E-state index is 0.340. The van der Waals surface area contributed by atoms with Gasteiger partial charge in [-0.05, 0) is 31.5 Å². The third-order valence-electron chi connectivity index (χ3n) is 2.21. The van der Waals surface area contributed by atoms with Gasteiger partial charge in [-0.3, -0.25) is 4.79 Å². The predicted molar refractivity (Wildman–Crippen MR) is 59.3 cm³/mol. The van der Waals surface area contributed by atoms with Gasteiger partial charge < -0.3 is 4.74 Å². The molecule has 0 bridgehead atoms. The number of carbonyl (C=O) groups excluding carboxylic acids is 1. The number of hydrogen-bond acceptors (Lipinski definition) is 2. The van der Waals surface area contributed by atoms with Gasteiger partial charge in [-0.2, -0.15) is 0 Å². The maximum Gasteiger partial charge on any atom is 0.313 e. The number of rotatable bonds is 2. The van der Waals surface area contributed by atoms with Gasteiger partial charge >= 0.3 is 5.97 Å². The lowest BCUT2D eigenvalue weighted by Gasteiger charge is -2.13. The Hall–Kier alpha value is -0.900. The van der Waals surface area contributed by atoms with E-state index in [9.17, 15) is 9.18 Å². The van der Waals surface area contributed by atoms with Crippen LogP contribution in [0.3, 0.4) is 0 Å². The molecule has 0 N–H and O–H groups in total. The van der Waals surface area contributed by atoms with Gasteiger partial charge in [-0.1, -0.05) is 15.9 Å². The van der Waals surface area contributed by atoms with E-state index >= 15 is 0 Å². The molecule has 1 unspecified atom stereocenters. The highest BCUT2D eigenvalue weighted by Gasteiger charge is 2.22. The first-order chi connectivity index (χ1) is 6.97. The minimum Gasteiger partial charge on any atom is -0.469 e. The number of benzene rings is 1. The highest BCUT2D eigenvalue weighted by atomic mass is 79.9. The van der Waals surface area contributed by atoms with Crippen molar-refractivity contribution in [1.82, 2.24) is 0 Å². The number of carbonyl (C=O) groups is 1. The Bertz CT molecular complexity index is 367. The van der Waals surface area contributed by atoms with E-state index in [2.05, 4.69) is 20.7 Å². The number of hydrogen-bond donors (Lipinski definition) is 0. The highest BCUT2D eigenvalue weighted by molar-refractivity contribution is 9.10. The molecule has 0 saturated heterocycles. The molecule has 0 aromatic heterocycles. The maximum atomic E-state index is 13.6. The Morgan fingerprint density at radius 3 is 2.60 bits per heavy atom. The highest BCUT2D eigenvalue weighted by Crippen LogP contribution is 2.29. The molecule has 0 aliphatic rings. The predicted octanol–water partition coefficient (Wildman–Crippen LogP) is 3.17. The van der Waals surface area contributed by atoms with Gasteiger partial charge in [0.2, 0.25) is 0 Å². The normalized spacial score (nSPS) is 12.3. The molecule has 1 atom stereocenters. The molecule has 0 heterocycles. The van der Waals surface area contributed by atoms with E-state index in [4.69, 9.17) is 0 Å². The first-order valence-corrected chi connectivity index (χ1v) is 5.30. The SMILES string of the molecule is COC(=O)C(C)c1c(F)cc(C)cc1Br. The Morgan fingerprint density at radius 1 is 1.53 bits per heavy atom. The van der Waals surface area contributed by atoms with Crippen molar-refractivity contribution in [2.45, 2.75) is 19.8 Å². The first kappa shape index (κ1) is 12.2. The lowest BCUT2D eigenvalue weighted by molar-refractivity contribution is -0.142. The van der Waals surface area contributed by atoms with Crippen LogP contribution in [0.2, 0.25) is 0 Å². The number of aryl methyl sites for hydroxylation is 1. The number of ether oxygens (including phenoxy) is 1.